The van der Waals surface area contributed by atoms with Crippen molar-refractivity contribution in [1.29, 1.82) is 0 Å². The highest BCUT2D eigenvalue weighted by molar-refractivity contribution is 5.01. The Morgan fingerprint density at radius 3 is 1.33 bits per heavy atom. The minimum absolute atomic E-state index is 0.746. The van der Waals surface area contributed by atoms with E-state index in [2.05, 4.69) is 65.2 Å². The SMILES string of the molecule is CC(C)C1C2CCC(C2)N1C(C)C.CC(C)C1C2CCC(CC2)N1C(C)C. The molecule has 0 aromatic rings. The maximum absolute atomic E-state index is 2.82. The molecule has 0 amide bonds. The lowest BCUT2D eigenvalue weighted by atomic mass is 9.70. The largest absolute Gasteiger partial charge is 0.295 e. The lowest BCUT2D eigenvalue weighted by Crippen LogP contribution is -2.59. The summed E-state index contributed by atoms with van der Waals surface area (Å²) in [7, 11) is 0. The van der Waals surface area contributed by atoms with Gasteiger partial charge in [-0.1, -0.05) is 27.7 Å². The van der Waals surface area contributed by atoms with Crippen LogP contribution in [-0.4, -0.2) is 46.1 Å². The number of rotatable bonds is 4. The maximum Gasteiger partial charge on any atom is 0.0153 e. The first-order valence-electron chi connectivity index (χ1n) is 12.3. The highest BCUT2D eigenvalue weighted by atomic mass is 15.3. The Kier molecular flexibility index (Phi) is 7.00. The van der Waals surface area contributed by atoms with E-state index in [1.54, 1.807) is 0 Å². The molecule has 0 N–H and O–H groups in total. The van der Waals surface area contributed by atoms with E-state index >= 15 is 0 Å². The standard InChI is InChI=1S/C13H25N.C12H23N/c1-9(2)13-11-5-7-12(8-6-11)14(13)10(3)4;1-8(2)12-10-5-6-11(7-10)13(12)9(3)4/h9-13H,5-8H2,1-4H3;8-12H,5-7H2,1-4H3. The molecule has 3 aliphatic heterocycles. The van der Waals surface area contributed by atoms with Gasteiger partial charge < -0.3 is 0 Å². The number of nitrogens with zero attached hydrogens (tertiary/aromatic N) is 2. The van der Waals surface area contributed by atoms with Crippen molar-refractivity contribution in [2.24, 2.45) is 23.7 Å². The number of piperidine rings is 3. The molecule has 158 valence electrons. The molecule has 2 aliphatic carbocycles. The molecule has 5 fully saturated rings. The van der Waals surface area contributed by atoms with E-state index in [9.17, 15) is 0 Å². The number of hydrogen-bond acceptors (Lipinski definition) is 2. The average Bonchev–Trinajstić information content (AvgIpc) is 3.23. The van der Waals surface area contributed by atoms with Crippen molar-refractivity contribution in [3.8, 4) is 0 Å². The number of hydrogen-bond donors (Lipinski definition) is 0. The summed E-state index contributed by atoms with van der Waals surface area (Å²) in [5.74, 6) is 3.71. The minimum Gasteiger partial charge on any atom is -0.295 e. The molecule has 2 saturated carbocycles. The first kappa shape index (κ1) is 21.6. The molecule has 3 saturated heterocycles. The third-order valence-electron chi connectivity index (χ3n) is 8.24. The summed E-state index contributed by atoms with van der Waals surface area (Å²) in [6, 6.07) is 5.10. The molecule has 4 atom stereocenters. The van der Waals surface area contributed by atoms with Gasteiger partial charge in [-0.05, 0) is 96.3 Å². The second-order valence-electron chi connectivity index (χ2n) is 11.3. The third-order valence-corrected chi connectivity index (χ3v) is 8.24. The minimum atomic E-state index is 0.746. The Labute approximate surface area is 170 Å². The van der Waals surface area contributed by atoms with Crippen molar-refractivity contribution in [3.05, 3.63) is 0 Å². The molecular weight excluding hydrogens is 328 g/mol. The fourth-order valence-electron chi connectivity index (χ4n) is 7.60. The van der Waals surface area contributed by atoms with Crippen LogP contribution in [0.3, 0.4) is 0 Å². The van der Waals surface area contributed by atoms with E-state index in [4.69, 9.17) is 0 Å². The molecule has 2 heteroatoms. The van der Waals surface area contributed by atoms with Crippen molar-refractivity contribution in [3.63, 3.8) is 0 Å². The topological polar surface area (TPSA) is 6.48 Å². The van der Waals surface area contributed by atoms with Crippen LogP contribution in [0.4, 0.5) is 0 Å². The van der Waals surface area contributed by atoms with Crippen molar-refractivity contribution in [2.75, 3.05) is 0 Å². The summed E-state index contributed by atoms with van der Waals surface area (Å²) in [5, 5.41) is 0. The molecule has 27 heavy (non-hydrogen) atoms. The van der Waals surface area contributed by atoms with Gasteiger partial charge in [-0.15, -0.1) is 0 Å². The van der Waals surface area contributed by atoms with Crippen LogP contribution in [0.1, 0.15) is 100 Å². The van der Waals surface area contributed by atoms with Crippen LogP contribution in [-0.2, 0) is 0 Å². The summed E-state index contributed by atoms with van der Waals surface area (Å²) in [6.45, 7) is 19.0. The highest BCUT2D eigenvalue weighted by Gasteiger charge is 2.47. The lowest BCUT2D eigenvalue weighted by Gasteiger charge is -2.55. The first-order chi connectivity index (χ1) is 12.7. The average molecular weight is 377 g/mol. The Hall–Kier alpha value is -0.0800. The molecule has 5 rings (SSSR count). The predicted molar refractivity (Wildman–Crippen MR) is 118 cm³/mol. The van der Waals surface area contributed by atoms with Crippen LogP contribution in [0, 0.1) is 23.7 Å². The van der Waals surface area contributed by atoms with Crippen LogP contribution in [0.5, 0.6) is 0 Å². The summed E-state index contributed by atoms with van der Waals surface area (Å²) >= 11 is 0. The molecule has 2 nitrogen and oxygen atoms in total. The zero-order valence-electron chi connectivity index (χ0n) is 19.6. The smallest absolute Gasteiger partial charge is 0.0153 e. The lowest BCUT2D eigenvalue weighted by molar-refractivity contribution is -0.0536. The monoisotopic (exact) mass is 376 g/mol. The van der Waals surface area contributed by atoms with Gasteiger partial charge in [0.1, 0.15) is 0 Å². The molecule has 0 spiro atoms. The summed E-state index contributed by atoms with van der Waals surface area (Å²) in [4.78, 5) is 5.61. The van der Waals surface area contributed by atoms with E-state index < -0.39 is 0 Å². The molecule has 0 aromatic heterocycles. The fourth-order valence-corrected chi connectivity index (χ4v) is 7.60. The molecule has 4 unspecified atom stereocenters. The van der Waals surface area contributed by atoms with Crippen LogP contribution in [0.2, 0.25) is 0 Å². The van der Waals surface area contributed by atoms with Crippen molar-refractivity contribution in [1.82, 2.24) is 9.80 Å². The van der Waals surface area contributed by atoms with E-state index in [1.165, 1.54) is 44.9 Å². The summed E-state index contributed by atoms with van der Waals surface area (Å²) in [5.41, 5.74) is 0. The second-order valence-corrected chi connectivity index (χ2v) is 11.3. The van der Waals surface area contributed by atoms with E-state index in [0.29, 0.717) is 0 Å². The van der Waals surface area contributed by atoms with Gasteiger partial charge in [0.25, 0.3) is 0 Å². The van der Waals surface area contributed by atoms with Gasteiger partial charge in [0, 0.05) is 36.3 Å². The summed E-state index contributed by atoms with van der Waals surface area (Å²) in [6.07, 6.45) is 10.4. The highest BCUT2D eigenvalue weighted by Crippen LogP contribution is 2.46. The van der Waals surface area contributed by atoms with Crippen molar-refractivity contribution < 1.29 is 0 Å². The van der Waals surface area contributed by atoms with Crippen LogP contribution in [0.15, 0.2) is 0 Å². The molecule has 0 radical (unpaired) electrons. The Balaban J connectivity index is 0.000000156. The van der Waals surface area contributed by atoms with Gasteiger partial charge in [-0.25, -0.2) is 0 Å². The van der Waals surface area contributed by atoms with Crippen LogP contribution in [0.25, 0.3) is 0 Å². The molecular formula is C25H48N2. The molecule has 4 bridgehead atoms. The van der Waals surface area contributed by atoms with Gasteiger partial charge in [0.2, 0.25) is 0 Å². The van der Waals surface area contributed by atoms with Gasteiger partial charge in [-0.3, -0.25) is 9.80 Å². The van der Waals surface area contributed by atoms with Crippen LogP contribution >= 0.6 is 0 Å². The maximum atomic E-state index is 2.82. The number of likely N-dealkylation sites (tertiary alicyclic amines) is 1. The zero-order valence-corrected chi connectivity index (χ0v) is 19.6. The Morgan fingerprint density at radius 1 is 0.519 bits per heavy atom. The van der Waals surface area contributed by atoms with Crippen molar-refractivity contribution in [2.45, 2.75) is 137 Å². The molecule has 3 heterocycles. The quantitative estimate of drug-likeness (QED) is 0.576. The number of fused-ring (bicyclic) bond motifs is 5. The third kappa shape index (κ3) is 4.27. The van der Waals surface area contributed by atoms with Gasteiger partial charge in [0.05, 0.1) is 0 Å². The van der Waals surface area contributed by atoms with E-state index in [0.717, 1.165) is 59.9 Å². The Bertz CT molecular complexity index is 419. The molecule has 5 aliphatic rings. The van der Waals surface area contributed by atoms with E-state index in [1.807, 2.05) is 0 Å². The van der Waals surface area contributed by atoms with Gasteiger partial charge in [-0.2, -0.15) is 0 Å². The van der Waals surface area contributed by atoms with Crippen molar-refractivity contribution >= 4 is 0 Å². The fraction of sp³-hybridized carbons (Fsp3) is 1.00. The second kappa shape index (κ2) is 8.74. The normalized spacial score (nSPS) is 39.1. The van der Waals surface area contributed by atoms with E-state index in [-0.39, 0.29) is 0 Å². The zero-order chi connectivity index (χ0) is 19.9. The van der Waals surface area contributed by atoms with Crippen LogP contribution < -0.4 is 0 Å². The summed E-state index contributed by atoms with van der Waals surface area (Å²) < 4.78 is 0. The van der Waals surface area contributed by atoms with Gasteiger partial charge in [0.15, 0.2) is 0 Å². The molecule has 0 aromatic carbocycles. The first-order valence-corrected chi connectivity index (χ1v) is 12.3. The Morgan fingerprint density at radius 2 is 0.926 bits per heavy atom. The van der Waals surface area contributed by atoms with Gasteiger partial charge >= 0.3 is 0 Å². The predicted octanol–water partition coefficient (Wildman–Crippen LogP) is 6.20.